The number of rotatable bonds is 7. The van der Waals surface area contributed by atoms with Crippen LogP contribution in [0.4, 0.5) is 4.39 Å². The van der Waals surface area contributed by atoms with E-state index >= 15 is 0 Å². The number of hydrogen-bond acceptors (Lipinski definition) is 4. The highest BCUT2D eigenvalue weighted by Crippen LogP contribution is 2.33. The van der Waals surface area contributed by atoms with Crippen LogP contribution in [-0.2, 0) is 4.79 Å². The quantitative estimate of drug-likeness (QED) is 0.785. The molecule has 0 bridgehead atoms. The van der Waals surface area contributed by atoms with Crippen LogP contribution in [0.2, 0.25) is 0 Å². The van der Waals surface area contributed by atoms with Gasteiger partial charge in [-0.05, 0) is 54.9 Å². The topological polar surface area (TPSA) is 59.6 Å². The van der Waals surface area contributed by atoms with E-state index in [0.29, 0.717) is 23.0 Å². The third-order valence-electron chi connectivity index (χ3n) is 5.15. The predicted octanol–water partition coefficient (Wildman–Crippen LogP) is 2.90. The van der Waals surface area contributed by atoms with Crippen LogP contribution < -0.4 is 20.1 Å². The van der Waals surface area contributed by atoms with Gasteiger partial charge < -0.3 is 20.1 Å². The zero-order chi connectivity index (χ0) is 19.4. The Labute approximate surface area is 158 Å². The molecule has 1 aliphatic heterocycles. The van der Waals surface area contributed by atoms with Gasteiger partial charge >= 0.3 is 0 Å². The Morgan fingerprint density at radius 1 is 1.19 bits per heavy atom. The number of ether oxygens (including phenoxy) is 2. The second kappa shape index (κ2) is 8.39. The van der Waals surface area contributed by atoms with Crippen molar-refractivity contribution < 1.29 is 18.7 Å². The van der Waals surface area contributed by atoms with Crippen molar-refractivity contribution in [3.05, 3.63) is 59.4 Å². The van der Waals surface area contributed by atoms with E-state index in [1.54, 1.807) is 13.2 Å². The van der Waals surface area contributed by atoms with Crippen molar-refractivity contribution in [2.24, 2.45) is 11.8 Å². The van der Waals surface area contributed by atoms with E-state index in [2.05, 4.69) is 10.6 Å². The van der Waals surface area contributed by atoms with Gasteiger partial charge in [0.25, 0.3) is 0 Å². The fraction of sp³-hybridized carbons (Fsp3) is 0.381. The summed E-state index contributed by atoms with van der Waals surface area (Å²) in [4.78, 5) is 12.9. The molecule has 2 aromatic carbocycles. The maximum absolute atomic E-state index is 14.0. The molecule has 6 heteroatoms. The molecular formula is C21H25FN2O3. The number of methoxy groups -OCH3 is 2. The van der Waals surface area contributed by atoms with Crippen LogP contribution in [0, 0.1) is 17.7 Å². The summed E-state index contributed by atoms with van der Waals surface area (Å²) in [6.07, 6.45) is 0. The van der Waals surface area contributed by atoms with Gasteiger partial charge in [-0.25, -0.2) is 4.39 Å². The first-order chi connectivity index (χ1) is 13.0. The fourth-order valence-electron chi connectivity index (χ4n) is 3.24. The van der Waals surface area contributed by atoms with E-state index in [-0.39, 0.29) is 17.6 Å². The van der Waals surface area contributed by atoms with E-state index in [4.69, 9.17) is 9.47 Å². The van der Waals surface area contributed by atoms with Gasteiger partial charge in [-0.1, -0.05) is 19.1 Å². The predicted molar refractivity (Wildman–Crippen MR) is 101 cm³/mol. The van der Waals surface area contributed by atoms with Crippen LogP contribution in [0.15, 0.2) is 42.5 Å². The molecule has 3 rings (SSSR count). The molecule has 1 heterocycles. The highest BCUT2D eigenvalue weighted by atomic mass is 19.1. The minimum atomic E-state index is -0.547. The fourth-order valence-corrected chi connectivity index (χ4v) is 3.24. The maximum Gasteiger partial charge on any atom is 0.223 e. The standard InChI is InChI=1S/C21H25FN2O3/c1-13(15-11-23-12-15)21(25)24-20(14-5-4-6-17(9-14)26-2)18-10-16(22)7-8-19(18)27-3/h4-10,13,15,20,23H,11-12H2,1-3H3,(H,24,25). The Balaban J connectivity index is 1.98. The van der Waals surface area contributed by atoms with Crippen molar-refractivity contribution in [3.63, 3.8) is 0 Å². The molecule has 2 aromatic rings. The molecule has 2 N–H and O–H groups in total. The molecule has 0 spiro atoms. The largest absolute Gasteiger partial charge is 0.497 e. The van der Waals surface area contributed by atoms with Crippen molar-refractivity contribution in [2.75, 3.05) is 27.3 Å². The summed E-state index contributed by atoms with van der Waals surface area (Å²) >= 11 is 0. The SMILES string of the molecule is COc1cccc(C(NC(=O)C(C)C2CNC2)c2cc(F)ccc2OC)c1. The Morgan fingerprint density at radius 3 is 2.59 bits per heavy atom. The number of carbonyl (C=O) groups is 1. The Hall–Kier alpha value is -2.60. The summed E-state index contributed by atoms with van der Waals surface area (Å²) in [6.45, 7) is 3.59. The molecule has 0 aromatic heterocycles. The van der Waals surface area contributed by atoms with Crippen molar-refractivity contribution in [2.45, 2.75) is 13.0 Å². The Kier molecular flexibility index (Phi) is 5.96. The lowest BCUT2D eigenvalue weighted by atomic mass is 9.87. The van der Waals surface area contributed by atoms with E-state index in [1.807, 2.05) is 31.2 Å². The third kappa shape index (κ3) is 4.22. The maximum atomic E-state index is 14.0. The normalized spacial score (nSPS) is 16.1. The van der Waals surface area contributed by atoms with Gasteiger partial charge in [0, 0.05) is 11.5 Å². The summed E-state index contributed by atoms with van der Waals surface area (Å²) < 4.78 is 24.7. The Bertz CT molecular complexity index is 808. The average molecular weight is 372 g/mol. The average Bonchev–Trinajstić information content (AvgIpc) is 2.64. The smallest absolute Gasteiger partial charge is 0.223 e. The first-order valence-electron chi connectivity index (χ1n) is 9.02. The number of benzene rings is 2. The first kappa shape index (κ1) is 19.2. The minimum Gasteiger partial charge on any atom is -0.497 e. The monoisotopic (exact) mass is 372 g/mol. The van der Waals surface area contributed by atoms with Gasteiger partial charge in [0.1, 0.15) is 17.3 Å². The number of hydrogen-bond donors (Lipinski definition) is 2. The molecule has 0 radical (unpaired) electrons. The molecule has 0 aliphatic carbocycles. The molecule has 1 amide bonds. The van der Waals surface area contributed by atoms with Crippen molar-refractivity contribution >= 4 is 5.91 Å². The van der Waals surface area contributed by atoms with E-state index in [9.17, 15) is 9.18 Å². The second-order valence-electron chi connectivity index (χ2n) is 6.81. The van der Waals surface area contributed by atoms with E-state index in [1.165, 1.54) is 19.2 Å². The lowest BCUT2D eigenvalue weighted by Gasteiger charge is -2.33. The molecule has 2 unspecified atom stereocenters. The molecule has 1 aliphatic rings. The van der Waals surface area contributed by atoms with Crippen LogP contribution in [0.3, 0.4) is 0 Å². The molecule has 5 nitrogen and oxygen atoms in total. The molecule has 27 heavy (non-hydrogen) atoms. The van der Waals surface area contributed by atoms with E-state index < -0.39 is 6.04 Å². The first-order valence-corrected chi connectivity index (χ1v) is 9.02. The highest BCUT2D eigenvalue weighted by molar-refractivity contribution is 5.80. The van der Waals surface area contributed by atoms with Crippen molar-refractivity contribution in [1.29, 1.82) is 0 Å². The summed E-state index contributed by atoms with van der Waals surface area (Å²) in [6, 6.07) is 11.2. The summed E-state index contributed by atoms with van der Waals surface area (Å²) in [5.41, 5.74) is 1.36. The third-order valence-corrected chi connectivity index (χ3v) is 5.15. The van der Waals surface area contributed by atoms with Crippen LogP contribution >= 0.6 is 0 Å². The molecule has 1 saturated heterocycles. The molecule has 1 fully saturated rings. The molecule has 144 valence electrons. The summed E-state index contributed by atoms with van der Waals surface area (Å²) in [5.74, 6) is 0.898. The van der Waals surface area contributed by atoms with Gasteiger partial charge in [0.05, 0.1) is 20.3 Å². The highest BCUT2D eigenvalue weighted by Gasteiger charge is 2.31. The minimum absolute atomic E-state index is 0.0689. The lowest BCUT2D eigenvalue weighted by molar-refractivity contribution is -0.127. The van der Waals surface area contributed by atoms with Gasteiger partial charge in [-0.15, -0.1) is 0 Å². The molecular weight excluding hydrogens is 347 g/mol. The summed E-state index contributed by atoms with van der Waals surface area (Å²) in [7, 11) is 3.12. The Morgan fingerprint density at radius 2 is 1.96 bits per heavy atom. The molecule has 0 saturated carbocycles. The zero-order valence-electron chi connectivity index (χ0n) is 15.8. The number of nitrogens with one attached hydrogen (secondary N) is 2. The van der Waals surface area contributed by atoms with Crippen LogP contribution in [-0.4, -0.2) is 33.2 Å². The summed E-state index contributed by atoms with van der Waals surface area (Å²) in [5, 5.41) is 6.27. The van der Waals surface area contributed by atoms with Crippen LogP contribution in [0.5, 0.6) is 11.5 Å². The van der Waals surface area contributed by atoms with Crippen molar-refractivity contribution in [3.8, 4) is 11.5 Å². The van der Waals surface area contributed by atoms with Crippen LogP contribution in [0.25, 0.3) is 0 Å². The second-order valence-corrected chi connectivity index (χ2v) is 6.81. The zero-order valence-corrected chi connectivity index (χ0v) is 15.8. The van der Waals surface area contributed by atoms with Crippen molar-refractivity contribution in [1.82, 2.24) is 10.6 Å². The van der Waals surface area contributed by atoms with Crippen LogP contribution in [0.1, 0.15) is 24.1 Å². The van der Waals surface area contributed by atoms with E-state index in [0.717, 1.165) is 18.7 Å². The van der Waals surface area contributed by atoms with Gasteiger partial charge in [0.15, 0.2) is 0 Å². The van der Waals surface area contributed by atoms with Gasteiger partial charge in [-0.3, -0.25) is 4.79 Å². The number of halogens is 1. The van der Waals surface area contributed by atoms with Gasteiger partial charge in [0.2, 0.25) is 5.91 Å². The number of carbonyl (C=O) groups excluding carboxylic acids is 1. The lowest BCUT2D eigenvalue weighted by Crippen LogP contribution is -2.50. The molecule has 2 atom stereocenters. The number of amides is 1. The van der Waals surface area contributed by atoms with Gasteiger partial charge in [-0.2, -0.15) is 0 Å².